The van der Waals surface area contributed by atoms with Crippen LogP contribution in [0.1, 0.15) is 24.5 Å². The first-order chi connectivity index (χ1) is 10.1. The Kier molecular flexibility index (Phi) is 5.34. The van der Waals surface area contributed by atoms with E-state index in [0.29, 0.717) is 6.04 Å². The molecule has 0 radical (unpaired) electrons. The van der Waals surface area contributed by atoms with Crippen LogP contribution < -0.4 is 5.32 Å². The summed E-state index contributed by atoms with van der Waals surface area (Å²) in [6, 6.07) is 6.76. The third kappa shape index (κ3) is 4.05. The van der Waals surface area contributed by atoms with Gasteiger partial charge in [-0.25, -0.2) is 0 Å². The molecule has 1 aromatic carbocycles. The summed E-state index contributed by atoms with van der Waals surface area (Å²) in [6.45, 7) is 11.0. The molecular formula is C18H24N2O. The first kappa shape index (κ1) is 15.5. The Bertz CT molecular complexity index is 526. The summed E-state index contributed by atoms with van der Waals surface area (Å²) in [5.74, 6) is -0.0257. The molecule has 0 bridgehead atoms. The minimum Gasteiger partial charge on any atom is -0.326 e. The molecule has 21 heavy (non-hydrogen) atoms. The molecule has 1 aromatic rings. The molecule has 0 fully saturated rings. The molecule has 1 unspecified atom stereocenters. The fourth-order valence-corrected chi connectivity index (χ4v) is 3.03. The van der Waals surface area contributed by atoms with Crippen molar-refractivity contribution in [3.05, 3.63) is 54.6 Å². The summed E-state index contributed by atoms with van der Waals surface area (Å²) in [4.78, 5) is 13.6. The monoisotopic (exact) mass is 284 g/mol. The third-order valence-corrected chi connectivity index (χ3v) is 3.97. The number of aryl methyl sites for hydroxylation is 1. The Morgan fingerprint density at radius 1 is 1.33 bits per heavy atom. The zero-order chi connectivity index (χ0) is 15.2. The molecule has 0 saturated heterocycles. The van der Waals surface area contributed by atoms with Crippen LogP contribution in [0.5, 0.6) is 0 Å². The van der Waals surface area contributed by atoms with Crippen LogP contribution in [-0.2, 0) is 17.6 Å². The maximum Gasteiger partial charge on any atom is 0.221 e. The maximum atomic E-state index is 11.2. The molecule has 1 amide bonds. The number of carbonyl (C=O) groups excluding carboxylic acids is 1. The molecule has 2 rings (SSSR count). The number of hydrogen-bond donors (Lipinski definition) is 1. The Morgan fingerprint density at radius 3 is 2.67 bits per heavy atom. The number of benzene rings is 1. The van der Waals surface area contributed by atoms with Crippen molar-refractivity contribution in [1.82, 2.24) is 4.90 Å². The minimum atomic E-state index is -0.0257. The molecule has 0 aromatic heterocycles. The van der Waals surface area contributed by atoms with E-state index in [1.165, 1.54) is 18.1 Å². The molecule has 3 heteroatoms. The van der Waals surface area contributed by atoms with Crippen LogP contribution in [0.15, 0.2) is 43.5 Å². The molecular weight excluding hydrogens is 260 g/mol. The first-order valence-corrected chi connectivity index (χ1v) is 7.49. The molecule has 1 aliphatic rings. The van der Waals surface area contributed by atoms with Crippen LogP contribution in [0.4, 0.5) is 5.69 Å². The second-order valence-corrected chi connectivity index (χ2v) is 5.59. The zero-order valence-electron chi connectivity index (χ0n) is 12.8. The van der Waals surface area contributed by atoms with Gasteiger partial charge < -0.3 is 5.32 Å². The van der Waals surface area contributed by atoms with Gasteiger partial charge in [-0.2, -0.15) is 0 Å². The SMILES string of the molecule is C=CCN(CC=C)C1CCc2ccc(NC(C)=O)cc2C1. The molecule has 0 spiro atoms. The molecule has 3 nitrogen and oxygen atoms in total. The molecule has 1 atom stereocenters. The van der Waals surface area contributed by atoms with Crippen LogP contribution in [0.25, 0.3) is 0 Å². The van der Waals surface area contributed by atoms with Crippen LogP contribution in [0.2, 0.25) is 0 Å². The van der Waals surface area contributed by atoms with Crippen molar-refractivity contribution in [1.29, 1.82) is 0 Å². The van der Waals surface area contributed by atoms with E-state index in [1.54, 1.807) is 0 Å². The summed E-state index contributed by atoms with van der Waals surface area (Å²) in [7, 11) is 0. The molecule has 0 heterocycles. The van der Waals surface area contributed by atoms with Crippen LogP contribution in [0.3, 0.4) is 0 Å². The summed E-state index contributed by atoms with van der Waals surface area (Å²) in [5.41, 5.74) is 3.63. The van der Waals surface area contributed by atoms with E-state index in [-0.39, 0.29) is 5.91 Å². The fraction of sp³-hybridized carbons (Fsp3) is 0.389. The molecule has 112 valence electrons. The highest BCUT2D eigenvalue weighted by Crippen LogP contribution is 2.27. The topological polar surface area (TPSA) is 32.3 Å². The average Bonchev–Trinajstić information content (AvgIpc) is 2.45. The van der Waals surface area contributed by atoms with Gasteiger partial charge in [0.2, 0.25) is 5.91 Å². The summed E-state index contributed by atoms with van der Waals surface area (Å²) in [5, 5.41) is 2.86. The van der Waals surface area contributed by atoms with Gasteiger partial charge in [-0.15, -0.1) is 13.2 Å². The number of rotatable bonds is 6. The van der Waals surface area contributed by atoms with Crippen molar-refractivity contribution < 1.29 is 4.79 Å². The van der Waals surface area contributed by atoms with E-state index in [0.717, 1.165) is 38.0 Å². The number of amides is 1. The second-order valence-electron chi connectivity index (χ2n) is 5.59. The standard InChI is InChI=1S/C18H24N2O/c1-4-10-20(11-5-2)18-9-7-15-6-8-17(19-14(3)21)12-16(15)13-18/h4-6,8,12,18H,1-2,7,9-11,13H2,3H3,(H,19,21). The van der Waals surface area contributed by atoms with Crippen molar-refractivity contribution in [2.45, 2.75) is 32.2 Å². The van der Waals surface area contributed by atoms with Gasteiger partial charge in [0.15, 0.2) is 0 Å². The lowest BCUT2D eigenvalue weighted by molar-refractivity contribution is -0.114. The quantitative estimate of drug-likeness (QED) is 0.814. The van der Waals surface area contributed by atoms with Crippen molar-refractivity contribution in [2.24, 2.45) is 0 Å². The van der Waals surface area contributed by atoms with Crippen LogP contribution in [-0.4, -0.2) is 29.9 Å². The first-order valence-electron chi connectivity index (χ1n) is 7.49. The smallest absolute Gasteiger partial charge is 0.221 e. The number of nitrogens with zero attached hydrogens (tertiary/aromatic N) is 1. The number of hydrogen-bond acceptors (Lipinski definition) is 2. The zero-order valence-corrected chi connectivity index (χ0v) is 12.8. The summed E-state index contributed by atoms with van der Waals surface area (Å²) in [6.07, 6.45) is 7.17. The van der Waals surface area contributed by atoms with Gasteiger partial charge in [-0.05, 0) is 42.5 Å². The number of nitrogens with one attached hydrogen (secondary N) is 1. The van der Waals surface area contributed by atoms with Crippen molar-refractivity contribution >= 4 is 11.6 Å². The molecule has 1 aliphatic carbocycles. The lowest BCUT2D eigenvalue weighted by Crippen LogP contribution is -2.39. The summed E-state index contributed by atoms with van der Waals surface area (Å²) < 4.78 is 0. The van der Waals surface area contributed by atoms with E-state index in [9.17, 15) is 4.79 Å². The average molecular weight is 284 g/mol. The van der Waals surface area contributed by atoms with Gasteiger partial charge in [0, 0.05) is 31.7 Å². The highest BCUT2D eigenvalue weighted by molar-refractivity contribution is 5.88. The van der Waals surface area contributed by atoms with Crippen LogP contribution >= 0.6 is 0 Å². The highest BCUT2D eigenvalue weighted by Gasteiger charge is 2.23. The van der Waals surface area contributed by atoms with Gasteiger partial charge in [-0.3, -0.25) is 9.69 Å². The lowest BCUT2D eigenvalue weighted by Gasteiger charge is -2.34. The van der Waals surface area contributed by atoms with E-state index in [2.05, 4.69) is 35.5 Å². The number of fused-ring (bicyclic) bond motifs is 1. The Hall–Kier alpha value is -1.87. The van der Waals surface area contributed by atoms with Gasteiger partial charge in [-0.1, -0.05) is 18.2 Å². The predicted molar refractivity (Wildman–Crippen MR) is 88.5 cm³/mol. The largest absolute Gasteiger partial charge is 0.326 e. The number of anilines is 1. The highest BCUT2D eigenvalue weighted by atomic mass is 16.1. The normalized spacial score (nSPS) is 17.1. The second kappa shape index (κ2) is 7.23. The van der Waals surface area contributed by atoms with Crippen LogP contribution in [0, 0.1) is 0 Å². The molecule has 1 N–H and O–H groups in total. The maximum absolute atomic E-state index is 11.2. The van der Waals surface area contributed by atoms with Gasteiger partial charge >= 0.3 is 0 Å². The van der Waals surface area contributed by atoms with Crippen molar-refractivity contribution in [3.8, 4) is 0 Å². The molecule has 0 saturated carbocycles. The lowest BCUT2D eigenvalue weighted by atomic mass is 9.87. The molecule has 0 aliphatic heterocycles. The van der Waals surface area contributed by atoms with E-state index in [1.807, 2.05) is 18.2 Å². The van der Waals surface area contributed by atoms with Crippen molar-refractivity contribution in [2.75, 3.05) is 18.4 Å². The van der Waals surface area contributed by atoms with Crippen molar-refractivity contribution in [3.63, 3.8) is 0 Å². The van der Waals surface area contributed by atoms with Gasteiger partial charge in [0.25, 0.3) is 0 Å². The predicted octanol–water partition coefficient (Wildman–Crippen LogP) is 3.18. The van der Waals surface area contributed by atoms with Gasteiger partial charge in [0.1, 0.15) is 0 Å². The van der Waals surface area contributed by atoms with E-state index in [4.69, 9.17) is 0 Å². The van der Waals surface area contributed by atoms with E-state index < -0.39 is 0 Å². The minimum absolute atomic E-state index is 0.0257. The Labute approximate surface area is 127 Å². The Morgan fingerprint density at radius 2 is 2.05 bits per heavy atom. The van der Waals surface area contributed by atoms with Gasteiger partial charge in [0.05, 0.1) is 0 Å². The number of carbonyl (C=O) groups is 1. The Balaban J connectivity index is 2.15. The fourth-order valence-electron chi connectivity index (χ4n) is 3.03. The van der Waals surface area contributed by atoms with E-state index >= 15 is 0 Å². The third-order valence-electron chi connectivity index (χ3n) is 3.97. The summed E-state index contributed by atoms with van der Waals surface area (Å²) >= 11 is 0.